The first-order valence-electron chi connectivity index (χ1n) is 4.85. The summed E-state index contributed by atoms with van der Waals surface area (Å²) in [6, 6.07) is 2.43. The summed E-state index contributed by atoms with van der Waals surface area (Å²) in [7, 11) is 0. The number of hydrogen-bond donors (Lipinski definition) is 1. The molecule has 0 radical (unpaired) electrons. The van der Waals surface area contributed by atoms with E-state index in [1.54, 1.807) is 0 Å². The van der Waals surface area contributed by atoms with Gasteiger partial charge in [0.05, 0.1) is 11.5 Å². The van der Waals surface area contributed by atoms with Crippen LogP contribution in [0.4, 0.5) is 0 Å². The molecule has 1 fully saturated rings. The maximum Gasteiger partial charge on any atom is 0.0689 e. The zero-order valence-electron chi connectivity index (χ0n) is 7.55. The van der Waals surface area contributed by atoms with E-state index < -0.39 is 0 Å². The quantitative estimate of drug-likeness (QED) is 0.638. The van der Waals surface area contributed by atoms with Crippen LogP contribution in [0.2, 0.25) is 0 Å². The highest BCUT2D eigenvalue weighted by atomic mass is 16.2. The van der Waals surface area contributed by atoms with E-state index in [9.17, 15) is 0 Å². The lowest BCUT2D eigenvalue weighted by Crippen LogP contribution is -2.27. The molecular weight excluding hydrogens is 150 g/mol. The van der Waals surface area contributed by atoms with Gasteiger partial charge in [0.1, 0.15) is 0 Å². The topological polar surface area (TPSA) is 44.0 Å². The summed E-state index contributed by atoms with van der Waals surface area (Å²) >= 11 is 0. The molecular formula is C10H17NO. The van der Waals surface area contributed by atoms with Crippen LogP contribution in [0, 0.1) is 16.7 Å². The fourth-order valence-corrected chi connectivity index (χ4v) is 1.77. The maximum absolute atomic E-state index is 8.89. The highest BCUT2D eigenvalue weighted by molar-refractivity contribution is 5.04. The lowest BCUT2D eigenvalue weighted by Gasteiger charge is -2.35. The first-order chi connectivity index (χ1) is 5.83. The van der Waals surface area contributed by atoms with Gasteiger partial charge in [0.2, 0.25) is 0 Å². The summed E-state index contributed by atoms with van der Waals surface area (Å²) in [5, 5.41) is 17.5. The summed E-state index contributed by atoms with van der Waals surface area (Å²) in [6.45, 7) is 0.291. The van der Waals surface area contributed by atoms with Gasteiger partial charge in [-0.1, -0.05) is 19.3 Å². The normalized spacial score (nSPS) is 19.7. The van der Waals surface area contributed by atoms with E-state index in [4.69, 9.17) is 10.4 Å². The van der Waals surface area contributed by atoms with Gasteiger partial charge in [-0.05, 0) is 25.7 Å². The van der Waals surface area contributed by atoms with Crippen LogP contribution in [-0.2, 0) is 0 Å². The number of hydrogen-bond acceptors (Lipinski definition) is 2. The van der Waals surface area contributed by atoms with Gasteiger partial charge in [0.15, 0.2) is 0 Å². The minimum absolute atomic E-state index is 0.0372. The predicted molar refractivity (Wildman–Crippen MR) is 47.5 cm³/mol. The Kier molecular flexibility index (Phi) is 3.55. The average molecular weight is 167 g/mol. The monoisotopic (exact) mass is 167 g/mol. The second-order valence-electron chi connectivity index (χ2n) is 3.78. The van der Waals surface area contributed by atoms with E-state index in [0.29, 0.717) is 6.61 Å². The Morgan fingerprint density at radius 3 is 2.42 bits per heavy atom. The summed E-state index contributed by atoms with van der Waals surface area (Å²) in [5.41, 5.74) is 0.0372. The number of unbranched alkanes of at least 4 members (excludes halogenated alkanes) is 2. The molecule has 0 aromatic rings. The van der Waals surface area contributed by atoms with Gasteiger partial charge in [0.25, 0.3) is 0 Å². The minimum atomic E-state index is 0.0372. The van der Waals surface area contributed by atoms with Crippen molar-refractivity contribution in [3.05, 3.63) is 0 Å². The molecule has 0 amide bonds. The molecule has 0 bridgehead atoms. The maximum atomic E-state index is 8.89. The SMILES string of the molecule is N#CC1(CCCCCO)CCC1. The molecule has 68 valence electrons. The van der Waals surface area contributed by atoms with Crippen molar-refractivity contribution in [2.45, 2.75) is 44.9 Å². The van der Waals surface area contributed by atoms with E-state index >= 15 is 0 Å². The largest absolute Gasteiger partial charge is 0.396 e. The van der Waals surface area contributed by atoms with E-state index in [0.717, 1.165) is 38.5 Å². The van der Waals surface area contributed by atoms with Crippen molar-refractivity contribution in [2.24, 2.45) is 5.41 Å². The Morgan fingerprint density at radius 2 is 2.00 bits per heavy atom. The van der Waals surface area contributed by atoms with Crippen molar-refractivity contribution in [1.29, 1.82) is 5.26 Å². The van der Waals surface area contributed by atoms with Crippen LogP contribution in [0.25, 0.3) is 0 Å². The number of rotatable bonds is 5. The smallest absolute Gasteiger partial charge is 0.0689 e. The zero-order valence-corrected chi connectivity index (χ0v) is 7.55. The molecule has 0 saturated heterocycles. The Labute approximate surface area is 74.2 Å². The van der Waals surface area contributed by atoms with Crippen LogP contribution >= 0.6 is 0 Å². The molecule has 0 unspecified atom stereocenters. The Balaban J connectivity index is 2.09. The molecule has 0 aromatic carbocycles. The third-order valence-corrected chi connectivity index (χ3v) is 2.86. The van der Waals surface area contributed by atoms with Crippen LogP contribution < -0.4 is 0 Å². The molecule has 0 aromatic heterocycles. The molecule has 0 spiro atoms. The molecule has 1 N–H and O–H groups in total. The molecule has 0 atom stereocenters. The van der Waals surface area contributed by atoms with Crippen molar-refractivity contribution < 1.29 is 5.11 Å². The first-order valence-corrected chi connectivity index (χ1v) is 4.85. The molecule has 0 aliphatic heterocycles. The Morgan fingerprint density at radius 1 is 1.25 bits per heavy atom. The fraction of sp³-hybridized carbons (Fsp3) is 0.900. The van der Waals surface area contributed by atoms with Gasteiger partial charge in [0, 0.05) is 6.61 Å². The lowest BCUT2D eigenvalue weighted by molar-refractivity contribution is 0.188. The number of aliphatic hydroxyl groups excluding tert-OH is 1. The average Bonchev–Trinajstić information content (AvgIpc) is 2.02. The standard InChI is InChI=1S/C10H17NO/c11-9-10(6-4-7-10)5-2-1-3-8-12/h12H,1-8H2. The molecule has 1 aliphatic rings. The second kappa shape index (κ2) is 4.47. The second-order valence-corrected chi connectivity index (χ2v) is 3.78. The van der Waals surface area contributed by atoms with Crippen LogP contribution in [0.3, 0.4) is 0 Å². The Hall–Kier alpha value is -0.550. The van der Waals surface area contributed by atoms with Crippen molar-refractivity contribution in [3.8, 4) is 6.07 Å². The van der Waals surface area contributed by atoms with E-state index in [1.807, 2.05) is 0 Å². The summed E-state index contributed by atoms with van der Waals surface area (Å²) in [5.74, 6) is 0. The summed E-state index contributed by atoms with van der Waals surface area (Å²) < 4.78 is 0. The molecule has 1 rings (SSSR count). The van der Waals surface area contributed by atoms with Crippen LogP contribution in [0.1, 0.15) is 44.9 Å². The summed E-state index contributed by atoms with van der Waals surface area (Å²) in [4.78, 5) is 0. The van der Waals surface area contributed by atoms with Crippen molar-refractivity contribution in [1.82, 2.24) is 0 Å². The van der Waals surface area contributed by atoms with E-state index in [-0.39, 0.29) is 5.41 Å². The number of nitriles is 1. The first kappa shape index (κ1) is 9.54. The fourth-order valence-electron chi connectivity index (χ4n) is 1.77. The molecule has 0 heterocycles. The molecule has 2 heteroatoms. The third kappa shape index (κ3) is 2.22. The highest BCUT2D eigenvalue weighted by Crippen LogP contribution is 2.44. The number of nitrogens with zero attached hydrogens (tertiary/aromatic N) is 1. The van der Waals surface area contributed by atoms with Crippen molar-refractivity contribution >= 4 is 0 Å². The van der Waals surface area contributed by atoms with Gasteiger partial charge in [-0.3, -0.25) is 0 Å². The molecule has 12 heavy (non-hydrogen) atoms. The van der Waals surface area contributed by atoms with E-state index in [2.05, 4.69) is 6.07 Å². The highest BCUT2D eigenvalue weighted by Gasteiger charge is 2.36. The van der Waals surface area contributed by atoms with Crippen LogP contribution in [0.15, 0.2) is 0 Å². The van der Waals surface area contributed by atoms with Crippen molar-refractivity contribution in [3.63, 3.8) is 0 Å². The van der Waals surface area contributed by atoms with E-state index in [1.165, 1.54) is 6.42 Å². The Bertz CT molecular complexity index is 167. The predicted octanol–water partition coefficient (Wildman–Crippen LogP) is 2.23. The van der Waals surface area contributed by atoms with Gasteiger partial charge >= 0.3 is 0 Å². The third-order valence-electron chi connectivity index (χ3n) is 2.86. The van der Waals surface area contributed by atoms with Crippen LogP contribution in [0.5, 0.6) is 0 Å². The summed E-state index contributed by atoms with van der Waals surface area (Å²) in [6.07, 6.45) is 7.54. The molecule has 1 aliphatic carbocycles. The van der Waals surface area contributed by atoms with Crippen molar-refractivity contribution in [2.75, 3.05) is 6.61 Å². The number of aliphatic hydroxyl groups is 1. The molecule has 1 saturated carbocycles. The van der Waals surface area contributed by atoms with Gasteiger partial charge in [-0.15, -0.1) is 0 Å². The van der Waals surface area contributed by atoms with Crippen LogP contribution in [-0.4, -0.2) is 11.7 Å². The zero-order chi connectivity index (χ0) is 8.86. The van der Waals surface area contributed by atoms with Gasteiger partial charge in [-0.25, -0.2) is 0 Å². The minimum Gasteiger partial charge on any atom is -0.396 e. The lowest BCUT2D eigenvalue weighted by atomic mass is 9.67. The van der Waals surface area contributed by atoms with Gasteiger partial charge in [-0.2, -0.15) is 5.26 Å². The van der Waals surface area contributed by atoms with Gasteiger partial charge < -0.3 is 5.11 Å². The molecule has 2 nitrogen and oxygen atoms in total.